The highest BCUT2D eigenvalue weighted by Crippen LogP contribution is 2.05. The minimum atomic E-state index is -0.817. The molecule has 0 aliphatic carbocycles. The van der Waals surface area contributed by atoms with E-state index in [1.807, 2.05) is 0 Å². The van der Waals surface area contributed by atoms with Crippen LogP contribution in [0.2, 0.25) is 0 Å². The highest BCUT2D eigenvalue weighted by atomic mass is 16.5. The number of esters is 1. The normalized spacial score (nSPS) is 9.71. The van der Waals surface area contributed by atoms with Crippen molar-refractivity contribution in [2.24, 2.45) is 5.73 Å². The van der Waals surface area contributed by atoms with E-state index in [1.165, 1.54) is 0 Å². The van der Waals surface area contributed by atoms with Crippen molar-refractivity contribution in [2.75, 3.05) is 6.61 Å². The van der Waals surface area contributed by atoms with Crippen LogP contribution < -0.4 is 5.73 Å². The molecule has 90 valence electrons. The first-order chi connectivity index (χ1) is 8.04. The summed E-state index contributed by atoms with van der Waals surface area (Å²) in [7, 11) is 0. The SMILES string of the molecule is CCOC(=O)C(=O)Cc1ccc(C(=N)N)cc1. The average Bonchev–Trinajstić information content (AvgIpc) is 2.30. The van der Waals surface area contributed by atoms with Gasteiger partial charge in [-0.25, -0.2) is 4.79 Å². The van der Waals surface area contributed by atoms with Crippen LogP contribution in [0.1, 0.15) is 18.1 Å². The lowest BCUT2D eigenvalue weighted by Crippen LogP contribution is -2.19. The number of carbonyl (C=O) groups is 2. The summed E-state index contributed by atoms with van der Waals surface area (Å²) < 4.78 is 4.60. The Balaban J connectivity index is 2.66. The molecule has 0 amide bonds. The first-order valence-corrected chi connectivity index (χ1v) is 5.18. The van der Waals surface area contributed by atoms with E-state index in [2.05, 4.69) is 4.74 Å². The summed E-state index contributed by atoms with van der Waals surface area (Å²) in [4.78, 5) is 22.5. The number of ether oxygens (including phenoxy) is 1. The summed E-state index contributed by atoms with van der Waals surface area (Å²) in [6.45, 7) is 1.83. The van der Waals surface area contributed by atoms with E-state index < -0.39 is 11.8 Å². The van der Waals surface area contributed by atoms with Gasteiger partial charge in [-0.05, 0) is 12.5 Å². The number of Topliss-reactive ketones (excluding diaryl/α,β-unsaturated/α-hetero) is 1. The molecule has 0 aliphatic heterocycles. The minimum absolute atomic E-state index is 0.00296. The van der Waals surface area contributed by atoms with Crippen LogP contribution in [0.4, 0.5) is 0 Å². The van der Waals surface area contributed by atoms with Gasteiger partial charge in [0.2, 0.25) is 5.78 Å². The van der Waals surface area contributed by atoms with Crippen LogP contribution in [-0.2, 0) is 20.7 Å². The lowest BCUT2D eigenvalue weighted by Gasteiger charge is -2.02. The zero-order chi connectivity index (χ0) is 12.8. The molecule has 0 radical (unpaired) electrons. The van der Waals surface area contributed by atoms with Gasteiger partial charge >= 0.3 is 5.97 Å². The molecule has 0 aromatic heterocycles. The molecule has 0 aliphatic rings. The lowest BCUT2D eigenvalue weighted by atomic mass is 10.1. The maximum atomic E-state index is 11.4. The van der Waals surface area contributed by atoms with Crippen LogP contribution in [0.25, 0.3) is 0 Å². The molecule has 3 N–H and O–H groups in total. The number of benzene rings is 1. The molecule has 17 heavy (non-hydrogen) atoms. The highest BCUT2D eigenvalue weighted by molar-refractivity contribution is 6.34. The fraction of sp³-hybridized carbons (Fsp3) is 0.250. The predicted molar refractivity (Wildman–Crippen MR) is 62.8 cm³/mol. The molecular formula is C12H14N2O3. The summed E-state index contributed by atoms with van der Waals surface area (Å²) in [5.41, 5.74) is 6.56. The quantitative estimate of drug-likeness (QED) is 0.338. The predicted octanol–water partition coefficient (Wildman–Crippen LogP) is 0.645. The van der Waals surface area contributed by atoms with Crippen LogP contribution >= 0.6 is 0 Å². The zero-order valence-corrected chi connectivity index (χ0v) is 9.53. The van der Waals surface area contributed by atoms with Gasteiger partial charge in [0.15, 0.2) is 0 Å². The first-order valence-electron chi connectivity index (χ1n) is 5.18. The number of rotatable bonds is 5. The molecule has 0 saturated heterocycles. The van der Waals surface area contributed by atoms with Crippen molar-refractivity contribution in [3.63, 3.8) is 0 Å². The van der Waals surface area contributed by atoms with E-state index in [4.69, 9.17) is 11.1 Å². The van der Waals surface area contributed by atoms with Crippen molar-refractivity contribution in [1.29, 1.82) is 5.41 Å². The third-order valence-corrected chi connectivity index (χ3v) is 2.13. The van der Waals surface area contributed by atoms with Crippen molar-refractivity contribution in [3.05, 3.63) is 35.4 Å². The van der Waals surface area contributed by atoms with Crippen LogP contribution in [0, 0.1) is 5.41 Å². The standard InChI is InChI=1S/C12H14N2O3/c1-2-17-12(16)10(15)7-8-3-5-9(6-4-8)11(13)14/h3-6H,2,7H2,1H3,(H3,13,14). The Labute approximate surface area is 99.1 Å². The number of nitrogens with two attached hydrogens (primary N) is 1. The number of nitrogen functional groups attached to an aromatic ring is 1. The van der Waals surface area contributed by atoms with Gasteiger partial charge in [0, 0.05) is 12.0 Å². The van der Waals surface area contributed by atoms with Gasteiger partial charge in [-0.2, -0.15) is 0 Å². The Morgan fingerprint density at radius 1 is 1.29 bits per heavy atom. The molecule has 5 heteroatoms. The fourth-order valence-corrected chi connectivity index (χ4v) is 1.27. The van der Waals surface area contributed by atoms with Crippen molar-refractivity contribution in [1.82, 2.24) is 0 Å². The Morgan fingerprint density at radius 2 is 1.88 bits per heavy atom. The van der Waals surface area contributed by atoms with E-state index in [0.717, 1.165) is 0 Å². The smallest absolute Gasteiger partial charge is 0.374 e. The number of ketones is 1. The van der Waals surface area contributed by atoms with Crippen molar-refractivity contribution >= 4 is 17.6 Å². The third-order valence-electron chi connectivity index (χ3n) is 2.13. The van der Waals surface area contributed by atoms with E-state index in [0.29, 0.717) is 11.1 Å². The second kappa shape index (κ2) is 5.79. The molecule has 1 aromatic carbocycles. The monoisotopic (exact) mass is 234 g/mol. The number of hydrogen-bond acceptors (Lipinski definition) is 4. The molecule has 0 fully saturated rings. The Hall–Kier alpha value is -2.17. The molecule has 0 unspecified atom stereocenters. The minimum Gasteiger partial charge on any atom is -0.460 e. The van der Waals surface area contributed by atoms with Crippen LogP contribution in [0.15, 0.2) is 24.3 Å². The van der Waals surface area contributed by atoms with Crippen LogP contribution in [-0.4, -0.2) is 24.2 Å². The molecule has 1 rings (SSSR count). The summed E-state index contributed by atoms with van der Waals surface area (Å²) in [6, 6.07) is 6.59. The summed E-state index contributed by atoms with van der Waals surface area (Å²) in [6.07, 6.45) is -0.00296. The number of nitrogens with one attached hydrogen (secondary N) is 1. The van der Waals surface area contributed by atoms with E-state index in [-0.39, 0.29) is 18.9 Å². The van der Waals surface area contributed by atoms with Gasteiger partial charge in [0.25, 0.3) is 0 Å². The topological polar surface area (TPSA) is 93.2 Å². The van der Waals surface area contributed by atoms with Gasteiger partial charge in [0.05, 0.1) is 6.61 Å². The van der Waals surface area contributed by atoms with E-state index in [1.54, 1.807) is 31.2 Å². The van der Waals surface area contributed by atoms with Gasteiger partial charge in [-0.15, -0.1) is 0 Å². The Bertz CT molecular complexity index is 438. The molecular weight excluding hydrogens is 220 g/mol. The van der Waals surface area contributed by atoms with Gasteiger partial charge in [0.1, 0.15) is 5.84 Å². The molecule has 0 saturated carbocycles. The second-order valence-corrected chi connectivity index (χ2v) is 3.43. The molecule has 5 nitrogen and oxygen atoms in total. The van der Waals surface area contributed by atoms with Crippen LogP contribution in [0.5, 0.6) is 0 Å². The fourth-order valence-electron chi connectivity index (χ4n) is 1.27. The Morgan fingerprint density at radius 3 is 2.35 bits per heavy atom. The highest BCUT2D eigenvalue weighted by Gasteiger charge is 2.15. The van der Waals surface area contributed by atoms with Gasteiger partial charge in [-0.3, -0.25) is 10.2 Å². The maximum Gasteiger partial charge on any atom is 0.374 e. The molecule has 0 bridgehead atoms. The average molecular weight is 234 g/mol. The van der Waals surface area contributed by atoms with Crippen LogP contribution in [0.3, 0.4) is 0 Å². The number of hydrogen-bond donors (Lipinski definition) is 2. The summed E-state index contributed by atoms with van der Waals surface area (Å²) in [5, 5.41) is 7.21. The third kappa shape index (κ3) is 3.71. The molecule has 1 aromatic rings. The Kier molecular flexibility index (Phi) is 4.39. The molecule has 0 spiro atoms. The van der Waals surface area contributed by atoms with E-state index in [9.17, 15) is 9.59 Å². The van der Waals surface area contributed by atoms with Gasteiger partial charge in [-0.1, -0.05) is 24.3 Å². The van der Waals surface area contributed by atoms with Crippen molar-refractivity contribution in [3.8, 4) is 0 Å². The maximum absolute atomic E-state index is 11.4. The molecule has 0 atom stereocenters. The van der Waals surface area contributed by atoms with E-state index >= 15 is 0 Å². The first kappa shape index (κ1) is 12.9. The zero-order valence-electron chi connectivity index (χ0n) is 9.53. The van der Waals surface area contributed by atoms with Crippen molar-refractivity contribution in [2.45, 2.75) is 13.3 Å². The van der Waals surface area contributed by atoms with Crippen molar-refractivity contribution < 1.29 is 14.3 Å². The summed E-state index contributed by atoms with van der Waals surface area (Å²) in [5.74, 6) is -1.43. The summed E-state index contributed by atoms with van der Waals surface area (Å²) >= 11 is 0. The van der Waals surface area contributed by atoms with Gasteiger partial charge < -0.3 is 10.5 Å². The largest absolute Gasteiger partial charge is 0.460 e. The lowest BCUT2D eigenvalue weighted by molar-refractivity contribution is -0.153. The second-order valence-electron chi connectivity index (χ2n) is 3.43. The number of amidine groups is 1. The molecule has 0 heterocycles. The number of carbonyl (C=O) groups excluding carboxylic acids is 2.